The molecule has 10 heteroatoms. The number of hydrogen-bond donors (Lipinski definition) is 1. The molecular formula is C21H28N4O4S2. The van der Waals surface area contributed by atoms with Crippen LogP contribution in [0.4, 0.5) is 5.00 Å². The van der Waals surface area contributed by atoms with Crippen molar-refractivity contribution in [2.75, 3.05) is 24.3 Å². The maximum absolute atomic E-state index is 12.7. The number of hydrogen-bond acceptors (Lipinski definition) is 8. The molecule has 1 unspecified atom stereocenters. The molecule has 2 aromatic heterocycles. The van der Waals surface area contributed by atoms with Crippen LogP contribution in [-0.2, 0) is 27.2 Å². The Labute approximate surface area is 190 Å². The van der Waals surface area contributed by atoms with E-state index in [1.54, 1.807) is 13.0 Å². The summed E-state index contributed by atoms with van der Waals surface area (Å²) in [5, 5.41) is 12.9. The highest BCUT2D eigenvalue weighted by Gasteiger charge is 2.32. The van der Waals surface area contributed by atoms with Crippen LogP contribution in [0.5, 0.6) is 0 Å². The maximum Gasteiger partial charge on any atom is 0.341 e. The summed E-state index contributed by atoms with van der Waals surface area (Å²) in [5.41, 5.74) is 0.416. The van der Waals surface area contributed by atoms with Crippen LogP contribution in [-0.4, -0.2) is 51.7 Å². The van der Waals surface area contributed by atoms with Crippen LogP contribution in [0.3, 0.4) is 0 Å². The van der Waals surface area contributed by atoms with E-state index in [2.05, 4.69) is 20.1 Å². The van der Waals surface area contributed by atoms with E-state index in [1.807, 2.05) is 6.92 Å². The fraction of sp³-hybridized carbons (Fsp3) is 0.619. The fourth-order valence-electron chi connectivity index (χ4n) is 3.58. The summed E-state index contributed by atoms with van der Waals surface area (Å²) >= 11 is 2.78. The summed E-state index contributed by atoms with van der Waals surface area (Å²) in [5.74, 6) is 1.08. The molecule has 1 saturated heterocycles. The number of anilines is 1. The smallest absolute Gasteiger partial charge is 0.341 e. The number of aryl methyl sites for hydroxylation is 1. The summed E-state index contributed by atoms with van der Waals surface area (Å²) in [6.45, 7) is 5.62. The Kier molecular flexibility index (Phi) is 7.29. The first kappa shape index (κ1) is 22.3. The minimum Gasteiger partial charge on any atom is -0.462 e. The Balaban J connectivity index is 1.41. The molecule has 1 aliphatic heterocycles. The van der Waals surface area contributed by atoms with Gasteiger partial charge in [0.25, 0.3) is 0 Å². The maximum atomic E-state index is 12.7. The predicted octanol–water partition coefficient (Wildman–Crippen LogP) is 3.87. The van der Waals surface area contributed by atoms with Gasteiger partial charge in [-0.25, -0.2) is 4.79 Å². The quantitative estimate of drug-likeness (QED) is 0.421. The third-order valence-electron chi connectivity index (χ3n) is 5.31. The van der Waals surface area contributed by atoms with Crippen molar-refractivity contribution in [3.8, 4) is 0 Å². The van der Waals surface area contributed by atoms with E-state index in [4.69, 9.17) is 9.47 Å². The molecule has 3 heterocycles. The monoisotopic (exact) mass is 464 g/mol. The largest absolute Gasteiger partial charge is 0.462 e. The van der Waals surface area contributed by atoms with Gasteiger partial charge in [-0.1, -0.05) is 18.7 Å². The van der Waals surface area contributed by atoms with Gasteiger partial charge in [0.1, 0.15) is 10.8 Å². The van der Waals surface area contributed by atoms with Crippen molar-refractivity contribution < 1.29 is 19.1 Å². The highest BCUT2D eigenvalue weighted by molar-refractivity contribution is 7.99. The van der Waals surface area contributed by atoms with Crippen LogP contribution in [0.1, 0.15) is 66.5 Å². The van der Waals surface area contributed by atoms with Crippen molar-refractivity contribution in [3.63, 3.8) is 0 Å². The number of thiophene rings is 1. The topological polar surface area (TPSA) is 95.3 Å². The van der Waals surface area contributed by atoms with Gasteiger partial charge in [0, 0.05) is 17.4 Å². The Morgan fingerprint density at radius 2 is 2.16 bits per heavy atom. The molecule has 1 atom stereocenters. The number of thioether (sulfide) groups is 1. The van der Waals surface area contributed by atoms with E-state index in [0.29, 0.717) is 23.1 Å². The van der Waals surface area contributed by atoms with Crippen LogP contribution >= 0.6 is 23.1 Å². The number of amides is 1. The lowest BCUT2D eigenvalue weighted by molar-refractivity contribution is -0.113. The van der Waals surface area contributed by atoms with Crippen molar-refractivity contribution in [3.05, 3.63) is 22.3 Å². The molecule has 168 valence electrons. The van der Waals surface area contributed by atoms with Crippen LogP contribution in [0.2, 0.25) is 0 Å². The molecule has 2 fully saturated rings. The molecule has 0 radical (unpaired) electrons. The lowest BCUT2D eigenvalue weighted by Gasteiger charge is -2.14. The van der Waals surface area contributed by atoms with Crippen LogP contribution in [0.25, 0.3) is 0 Å². The van der Waals surface area contributed by atoms with Gasteiger partial charge in [0.2, 0.25) is 5.91 Å². The third kappa shape index (κ3) is 5.48. The first-order valence-electron chi connectivity index (χ1n) is 10.9. The zero-order valence-corrected chi connectivity index (χ0v) is 19.5. The Morgan fingerprint density at radius 3 is 2.84 bits per heavy atom. The van der Waals surface area contributed by atoms with E-state index in [1.165, 1.54) is 23.1 Å². The minimum atomic E-state index is -0.410. The molecule has 1 N–H and O–H groups in total. The molecule has 1 saturated carbocycles. The second-order valence-electron chi connectivity index (χ2n) is 7.73. The number of aromatic nitrogens is 3. The highest BCUT2D eigenvalue weighted by Crippen LogP contribution is 2.40. The zero-order chi connectivity index (χ0) is 21.8. The van der Waals surface area contributed by atoms with Crippen molar-refractivity contribution in [1.29, 1.82) is 0 Å². The van der Waals surface area contributed by atoms with Gasteiger partial charge in [-0.2, -0.15) is 0 Å². The molecular weight excluding hydrogens is 436 g/mol. The number of carbonyl (C=O) groups is 2. The summed E-state index contributed by atoms with van der Waals surface area (Å²) in [6, 6.07) is 1.80. The summed E-state index contributed by atoms with van der Waals surface area (Å²) in [7, 11) is 0. The standard InChI is InChI=1S/C21H28N4O4S2/c1-3-15-10-16(20(27)28-4-2)19(31-15)22-17(26)12-30-21-24-23-18(13-7-8-13)25(21)11-14-6-5-9-29-14/h10,13-14H,3-9,11-12H2,1-2H3,(H,22,26). The molecule has 31 heavy (non-hydrogen) atoms. The van der Waals surface area contributed by atoms with E-state index in [0.717, 1.165) is 61.1 Å². The first-order valence-corrected chi connectivity index (χ1v) is 12.7. The van der Waals surface area contributed by atoms with E-state index >= 15 is 0 Å². The fourth-order valence-corrected chi connectivity index (χ4v) is 5.33. The van der Waals surface area contributed by atoms with E-state index in [-0.39, 0.29) is 17.8 Å². The number of nitrogens with zero attached hydrogens (tertiary/aromatic N) is 3. The number of ether oxygens (including phenoxy) is 2. The average Bonchev–Trinajstić information content (AvgIpc) is 3.15. The Morgan fingerprint density at radius 1 is 1.32 bits per heavy atom. The van der Waals surface area contributed by atoms with Gasteiger partial charge in [-0.05, 0) is 45.1 Å². The number of esters is 1. The second kappa shape index (κ2) is 10.1. The molecule has 0 spiro atoms. The Hall–Kier alpha value is -1.91. The summed E-state index contributed by atoms with van der Waals surface area (Å²) in [4.78, 5) is 25.9. The van der Waals surface area contributed by atoms with Gasteiger partial charge in [-0.3, -0.25) is 4.79 Å². The molecule has 0 bridgehead atoms. The average molecular weight is 465 g/mol. The van der Waals surface area contributed by atoms with Crippen molar-refractivity contribution in [2.45, 2.75) is 69.7 Å². The molecule has 2 aliphatic rings. The first-order chi connectivity index (χ1) is 15.1. The SMILES string of the molecule is CCOC(=O)c1cc(CC)sc1NC(=O)CSc1nnc(C2CC2)n1CC1CCCO1. The van der Waals surface area contributed by atoms with Crippen molar-refractivity contribution in [1.82, 2.24) is 14.8 Å². The lowest BCUT2D eigenvalue weighted by atomic mass is 10.2. The normalized spacial score (nSPS) is 18.3. The van der Waals surface area contributed by atoms with Crippen molar-refractivity contribution >= 4 is 40.0 Å². The van der Waals surface area contributed by atoms with Crippen LogP contribution in [0, 0.1) is 0 Å². The third-order valence-corrected chi connectivity index (χ3v) is 7.47. The number of nitrogens with one attached hydrogen (secondary N) is 1. The minimum absolute atomic E-state index is 0.181. The second-order valence-corrected chi connectivity index (χ2v) is 9.81. The predicted molar refractivity (Wildman–Crippen MR) is 120 cm³/mol. The summed E-state index contributed by atoms with van der Waals surface area (Å²) in [6.07, 6.45) is 5.39. The van der Waals surface area contributed by atoms with Gasteiger partial charge in [0.15, 0.2) is 5.16 Å². The Bertz CT molecular complexity index is 932. The van der Waals surface area contributed by atoms with Crippen LogP contribution in [0.15, 0.2) is 11.2 Å². The molecule has 2 aromatic rings. The number of rotatable bonds is 10. The van der Waals surface area contributed by atoms with Gasteiger partial charge in [-0.15, -0.1) is 21.5 Å². The molecule has 1 amide bonds. The lowest BCUT2D eigenvalue weighted by Crippen LogP contribution is -2.19. The molecule has 1 aliphatic carbocycles. The van der Waals surface area contributed by atoms with Gasteiger partial charge in [0.05, 0.1) is 30.6 Å². The molecule has 4 rings (SSSR count). The molecule has 8 nitrogen and oxygen atoms in total. The van der Waals surface area contributed by atoms with Crippen molar-refractivity contribution in [2.24, 2.45) is 0 Å². The van der Waals surface area contributed by atoms with Gasteiger partial charge >= 0.3 is 5.97 Å². The van der Waals surface area contributed by atoms with Gasteiger partial charge < -0.3 is 19.4 Å². The van der Waals surface area contributed by atoms with Crippen LogP contribution < -0.4 is 5.32 Å². The molecule has 0 aromatic carbocycles. The van der Waals surface area contributed by atoms with E-state index < -0.39 is 5.97 Å². The zero-order valence-electron chi connectivity index (χ0n) is 17.9. The number of carbonyl (C=O) groups excluding carboxylic acids is 2. The summed E-state index contributed by atoms with van der Waals surface area (Å²) < 4.78 is 13.1. The highest BCUT2D eigenvalue weighted by atomic mass is 32.2. The van der Waals surface area contributed by atoms with E-state index in [9.17, 15) is 9.59 Å².